The number of nitrogens with zero attached hydrogens (tertiary/aromatic N) is 1. The molecule has 1 aliphatic rings. The van der Waals surface area contributed by atoms with Crippen molar-refractivity contribution < 1.29 is 42.2 Å². The number of unbranched alkanes of at least 4 members (excludes halogenated alkanes) is 1. The number of carbonyl (C=O) groups excluding carboxylic acids is 1. The predicted octanol–water partition coefficient (Wildman–Crippen LogP) is 3.72. The Morgan fingerprint density at radius 2 is 1.92 bits per heavy atom. The Kier molecular flexibility index (Phi) is 8.37. The van der Waals surface area contributed by atoms with Gasteiger partial charge in [0.15, 0.2) is 0 Å². The van der Waals surface area contributed by atoms with Crippen LogP contribution in [0.15, 0.2) is 12.1 Å². The molecule has 1 saturated carbocycles. The molecule has 1 fully saturated rings. The van der Waals surface area contributed by atoms with Crippen LogP contribution in [0.1, 0.15) is 43.2 Å². The summed E-state index contributed by atoms with van der Waals surface area (Å²) in [5.41, 5.74) is 2.62. The average Bonchev–Trinajstić information content (AvgIpc) is 2.47. The van der Waals surface area contributed by atoms with Gasteiger partial charge in [-0.3, -0.25) is 9.69 Å². The number of likely N-dealkylation sites (N-methyl/N-ethyl adjacent to an activating group) is 1. The number of rotatable bonds is 7. The molecule has 0 atom stereocenters. The fourth-order valence-electron chi connectivity index (χ4n) is 3.33. The second-order valence-electron chi connectivity index (χ2n) is 6.60. The molecule has 1 aromatic carbocycles. The SMILES string of the molecule is [CH2-]CCCN(C)C1(C(=O)Nc2c(C)cc(OC)cc2C)CCC1.[Y]. The molecule has 1 radical (unpaired) electrons. The van der Waals surface area contributed by atoms with Gasteiger partial charge >= 0.3 is 0 Å². The van der Waals surface area contributed by atoms with E-state index in [4.69, 9.17) is 4.74 Å². The van der Waals surface area contributed by atoms with Crippen LogP contribution < -0.4 is 10.1 Å². The summed E-state index contributed by atoms with van der Waals surface area (Å²) >= 11 is 0. The second kappa shape index (κ2) is 9.31. The van der Waals surface area contributed by atoms with E-state index in [0.717, 1.165) is 61.2 Å². The fraction of sp³-hybridized carbons (Fsp3) is 0.579. The molecule has 5 heteroatoms. The summed E-state index contributed by atoms with van der Waals surface area (Å²) in [6, 6.07) is 3.92. The molecule has 4 nitrogen and oxygen atoms in total. The number of nitrogens with one attached hydrogen (secondary N) is 1. The van der Waals surface area contributed by atoms with Crippen molar-refractivity contribution in [1.82, 2.24) is 4.90 Å². The van der Waals surface area contributed by atoms with Gasteiger partial charge in [-0.1, -0.05) is 6.42 Å². The second-order valence-corrected chi connectivity index (χ2v) is 6.60. The standard InChI is InChI=1S/C19H29N2O2.Y/c1-6-7-11-21(4)19(9-8-10-19)18(22)20-17-14(2)12-16(23-5)13-15(17)3;/h12-13H,1,6-11H2,2-5H3,(H,20,22);/q-1;. The number of hydrogen-bond acceptors (Lipinski definition) is 3. The van der Waals surface area contributed by atoms with Crippen LogP contribution in [0.4, 0.5) is 5.69 Å². The van der Waals surface area contributed by atoms with E-state index in [1.54, 1.807) is 7.11 Å². The van der Waals surface area contributed by atoms with Crippen molar-refractivity contribution in [1.29, 1.82) is 0 Å². The van der Waals surface area contributed by atoms with Gasteiger partial charge in [-0.05, 0) is 70.0 Å². The molecule has 0 aliphatic heterocycles. The summed E-state index contributed by atoms with van der Waals surface area (Å²) in [4.78, 5) is 15.2. The number of amides is 1. The van der Waals surface area contributed by atoms with Gasteiger partial charge in [0.25, 0.3) is 0 Å². The molecule has 131 valence electrons. The molecule has 0 bridgehead atoms. The number of hydrogen-bond donors (Lipinski definition) is 1. The zero-order valence-electron chi connectivity index (χ0n) is 15.4. The molecule has 0 unspecified atom stereocenters. The van der Waals surface area contributed by atoms with E-state index in [1.165, 1.54) is 0 Å². The molecule has 0 spiro atoms. The predicted molar refractivity (Wildman–Crippen MR) is 94.9 cm³/mol. The van der Waals surface area contributed by atoms with Gasteiger partial charge in [0.2, 0.25) is 5.91 Å². The minimum atomic E-state index is -0.353. The monoisotopic (exact) mass is 406 g/mol. The number of anilines is 1. The van der Waals surface area contributed by atoms with E-state index < -0.39 is 0 Å². The Labute approximate surface area is 171 Å². The van der Waals surface area contributed by atoms with E-state index in [9.17, 15) is 4.79 Å². The fourth-order valence-corrected chi connectivity index (χ4v) is 3.33. The Hall–Kier alpha value is -0.446. The zero-order valence-corrected chi connectivity index (χ0v) is 18.3. The molecule has 0 saturated heterocycles. The van der Waals surface area contributed by atoms with Gasteiger partial charge in [0.1, 0.15) is 11.3 Å². The van der Waals surface area contributed by atoms with Crippen LogP contribution in [0.25, 0.3) is 0 Å². The van der Waals surface area contributed by atoms with Crippen molar-refractivity contribution in [2.75, 3.05) is 26.0 Å². The maximum Gasteiger partial charge on any atom is 0.244 e. The van der Waals surface area contributed by atoms with Crippen LogP contribution >= 0.6 is 0 Å². The van der Waals surface area contributed by atoms with Gasteiger partial charge in [0.05, 0.1) is 7.11 Å². The van der Waals surface area contributed by atoms with E-state index in [0.29, 0.717) is 0 Å². The van der Waals surface area contributed by atoms with Crippen molar-refractivity contribution >= 4 is 11.6 Å². The van der Waals surface area contributed by atoms with Crippen LogP contribution in [0, 0.1) is 20.8 Å². The largest absolute Gasteiger partial charge is 0.497 e. The van der Waals surface area contributed by atoms with Crippen molar-refractivity contribution in [2.24, 2.45) is 0 Å². The molecule has 1 amide bonds. The summed E-state index contributed by atoms with van der Waals surface area (Å²) in [5, 5.41) is 3.18. The van der Waals surface area contributed by atoms with Crippen molar-refractivity contribution in [2.45, 2.75) is 51.5 Å². The topological polar surface area (TPSA) is 41.6 Å². The Balaban J connectivity index is 0.00000288. The summed E-state index contributed by atoms with van der Waals surface area (Å²) < 4.78 is 5.29. The number of benzene rings is 1. The molecule has 24 heavy (non-hydrogen) atoms. The molecule has 0 heterocycles. The maximum absolute atomic E-state index is 13.0. The zero-order chi connectivity index (χ0) is 17.0. The van der Waals surface area contributed by atoms with Crippen LogP contribution in [0.5, 0.6) is 5.75 Å². The van der Waals surface area contributed by atoms with E-state index in [1.807, 2.05) is 26.0 Å². The number of aryl methyl sites for hydroxylation is 2. The first-order valence-corrected chi connectivity index (χ1v) is 8.42. The van der Waals surface area contributed by atoms with E-state index in [2.05, 4.69) is 24.2 Å². The Morgan fingerprint density at radius 3 is 2.33 bits per heavy atom. The molecule has 1 aliphatic carbocycles. The van der Waals surface area contributed by atoms with Crippen molar-refractivity contribution in [3.8, 4) is 5.75 Å². The van der Waals surface area contributed by atoms with Crippen LogP contribution in [-0.4, -0.2) is 37.0 Å². The molecular formula is C19H29N2O2Y-. The van der Waals surface area contributed by atoms with E-state index in [-0.39, 0.29) is 44.2 Å². The first-order valence-electron chi connectivity index (χ1n) is 8.42. The van der Waals surface area contributed by atoms with Crippen LogP contribution in [0.3, 0.4) is 0 Å². The van der Waals surface area contributed by atoms with Crippen molar-refractivity contribution in [3.05, 3.63) is 30.2 Å². The van der Waals surface area contributed by atoms with Crippen LogP contribution in [-0.2, 0) is 37.5 Å². The van der Waals surface area contributed by atoms with Gasteiger partial charge in [0, 0.05) is 38.4 Å². The smallest absolute Gasteiger partial charge is 0.244 e. The van der Waals surface area contributed by atoms with Crippen molar-refractivity contribution in [3.63, 3.8) is 0 Å². The third kappa shape index (κ3) is 4.39. The third-order valence-electron chi connectivity index (χ3n) is 5.06. The minimum Gasteiger partial charge on any atom is -0.497 e. The molecule has 2 rings (SSSR count). The molecule has 1 aromatic rings. The van der Waals surface area contributed by atoms with E-state index >= 15 is 0 Å². The summed E-state index contributed by atoms with van der Waals surface area (Å²) in [6.45, 7) is 8.82. The normalized spacial score (nSPS) is 15.4. The number of carbonyl (C=O) groups is 1. The van der Waals surface area contributed by atoms with Gasteiger partial charge in [-0.25, -0.2) is 0 Å². The molecule has 1 N–H and O–H groups in total. The third-order valence-corrected chi connectivity index (χ3v) is 5.06. The summed E-state index contributed by atoms with van der Waals surface area (Å²) in [6.07, 6.45) is 4.90. The number of methoxy groups -OCH3 is 1. The number of ether oxygens (including phenoxy) is 1. The quantitative estimate of drug-likeness (QED) is 0.702. The summed E-state index contributed by atoms with van der Waals surface area (Å²) in [5.74, 6) is 0.940. The molecule has 0 aromatic heterocycles. The average molecular weight is 406 g/mol. The Bertz CT molecular complexity index is 547. The minimum absolute atomic E-state index is 0. The van der Waals surface area contributed by atoms with Gasteiger partial charge in [-0.15, -0.1) is 0 Å². The first-order chi connectivity index (χ1) is 10.9. The van der Waals surface area contributed by atoms with Gasteiger partial charge in [-0.2, -0.15) is 6.42 Å². The summed E-state index contributed by atoms with van der Waals surface area (Å²) in [7, 11) is 3.72. The first kappa shape index (κ1) is 21.6. The maximum atomic E-state index is 13.0. The van der Waals surface area contributed by atoms with Crippen LogP contribution in [0.2, 0.25) is 0 Å². The van der Waals surface area contributed by atoms with Gasteiger partial charge < -0.3 is 17.0 Å². The molecular weight excluding hydrogens is 377 g/mol. The Morgan fingerprint density at radius 1 is 1.33 bits per heavy atom.